The molecule has 0 aromatic rings. The van der Waals surface area contributed by atoms with Crippen molar-refractivity contribution in [2.45, 2.75) is 110 Å². The van der Waals surface area contributed by atoms with Gasteiger partial charge in [-0.05, 0) is 5.92 Å². The fourth-order valence-electron chi connectivity index (χ4n) is 2.93. The first-order chi connectivity index (χ1) is 9.81. The predicted molar refractivity (Wildman–Crippen MR) is 93.8 cm³/mol. The molecule has 1 unspecified atom stereocenters. The summed E-state index contributed by atoms with van der Waals surface area (Å²) < 4.78 is 0. The van der Waals surface area contributed by atoms with Crippen molar-refractivity contribution in [2.75, 3.05) is 0 Å². The molecule has 0 bridgehead atoms. The molecule has 0 nitrogen and oxygen atoms in total. The molecule has 0 saturated carbocycles. The average Bonchev–Trinajstić information content (AvgIpc) is 2.44. The summed E-state index contributed by atoms with van der Waals surface area (Å²) in [5.41, 5.74) is 0. The molecule has 0 heterocycles. The van der Waals surface area contributed by atoms with Gasteiger partial charge >= 0.3 is 0 Å². The van der Waals surface area contributed by atoms with Gasteiger partial charge in [0, 0.05) is 0 Å². The summed E-state index contributed by atoms with van der Waals surface area (Å²) in [6, 6.07) is 0. The van der Waals surface area contributed by atoms with Gasteiger partial charge < -0.3 is 0 Å². The monoisotopic (exact) mass is 280 g/mol. The Morgan fingerprint density at radius 2 is 0.900 bits per heavy atom. The van der Waals surface area contributed by atoms with E-state index in [1.54, 1.807) is 0 Å². The third-order valence-electron chi connectivity index (χ3n) is 4.39. The Hall–Kier alpha value is 0. The summed E-state index contributed by atoms with van der Waals surface area (Å²) in [5.74, 6) is 0.899. The van der Waals surface area contributed by atoms with Crippen molar-refractivity contribution >= 4 is 0 Å². The lowest BCUT2D eigenvalue weighted by molar-refractivity contribution is 0.456. The molecule has 0 spiro atoms. The molecule has 0 aliphatic rings. The maximum atomic E-state index is 3.94. The van der Waals surface area contributed by atoms with E-state index in [1.165, 1.54) is 89.9 Å². The lowest BCUT2D eigenvalue weighted by atomic mass is 9.98. The highest BCUT2D eigenvalue weighted by Gasteiger charge is 2.00. The number of hydrogen-bond donors (Lipinski definition) is 0. The Labute approximate surface area is 130 Å². The van der Waals surface area contributed by atoms with Crippen LogP contribution >= 0.6 is 0 Å². The zero-order valence-electron chi connectivity index (χ0n) is 14.3. The molecular formula is C20H40. The fraction of sp³-hybridized carbons (Fsp3) is 0.900. The smallest absolute Gasteiger partial charge is 0.0443 e. The van der Waals surface area contributed by atoms with Gasteiger partial charge in [0.05, 0.1) is 0 Å². The van der Waals surface area contributed by atoms with Crippen LogP contribution in [0.15, 0.2) is 0 Å². The summed E-state index contributed by atoms with van der Waals surface area (Å²) in [7, 11) is 0. The third kappa shape index (κ3) is 16.1. The second-order valence-corrected chi connectivity index (χ2v) is 6.63. The van der Waals surface area contributed by atoms with Crippen molar-refractivity contribution in [1.29, 1.82) is 0 Å². The molecule has 120 valence electrons. The van der Waals surface area contributed by atoms with Crippen molar-refractivity contribution < 1.29 is 0 Å². The molecule has 0 N–H and O–H groups in total. The molecule has 0 aromatic carbocycles. The molecule has 0 heteroatoms. The number of unbranched alkanes of at least 4 members (excludes halogenated alkanes) is 12. The minimum Gasteiger partial charge on any atom is -0.0625 e. The van der Waals surface area contributed by atoms with Crippen LogP contribution in [0.3, 0.4) is 0 Å². The quantitative estimate of drug-likeness (QED) is 0.256. The van der Waals surface area contributed by atoms with Crippen LogP contribution in [0.5, 0.6) is 0 Å². The second kappa shape index (κ2) is 17.1. The standard InChI is InChI=1S/C20H40/c1-4-6-7-8-9-10-11-12-13-14-15-16-17-19-20(3)18-5-2/h20H,1-2,4-19H2,3H3. The molecular weight excluding hydrogens is 240 g/mol. The van der Waals surface area contributed by atoms with Gasteiger partial charge in [-0.2, -0.15) is 0 Å². The molecule has 0 amide bonds. The molecule has 1 atom stereocenters. The van der Waals surface area contributed by atoms with Crippen LogP contribution in [0, 0.1) is 19.8 Å². The lowest BCUT2D eigenvalue weighted by Gasteiger charge is -2.09. The maximum absolute atomic E-state index is 3.94. The normalized spacial score (nSPS) is 12.8. The van der Waals surface area contributed by atoms with Gasteiger partial charge in [0.15, 0.2) is 0 Å². The first-order valence-corrected chi connectivity index (χ1v) is 9.39. The SMILES string of the molecule is [CH2]CCCCCCCCCCCCCCC(C)CC[CH2]. The summed E-state index contributed by atoms with van der Waals surface area (Å²) in [5, 5.41) is 0. The van der Waals surface area contributed by atoms with Crippen LogP contribution in [0.25, 0.3) is 0 Å². The highest BCUT2D eigenvalue weighted by molar-refractivity contribution is 4.55. The lowest BCUT2D eigenvalue weighted by Crippen LogP contribution is -1.93. The topological polar surface area (TPSA) is 0 Å². The Bertz CT molecular complexity index is 161. The van der Waals surface area contributed by atoms with Gasteiger partial charge in [-0.1, -0.05) is 124 Å². The number of hydrogen-bond acceptors (Lipinski definition) is 0. The third-order valence-corrected chi connectivity index (χ3v) is 4.39. The molecule has 0 aliphatic carbocycles. The van der Waals surface area contributed by atoms with Gasteiger partial charge in [0.25, 0.3) is 0 Å². The second-order valence-electron chi connectivity index (χ2n) is 6.63. The summed E-state index contributed by atoms with van der Waals surface area (Å²) in [4.78, 5) is 0. The Morgan fingerprint density at radius 3 is 1.30 bits per heavy atom. The van der Waals surface area contributed by atoms with Crippen LogP contribution in [0.2, 0.25) is 0 Å². The summed E-state index contributed by atoms with van der Waals surface area (Å²) in [6.45, 7) is 10.2. The predicted octanol–water partition coefficient (Wildman–Crippen LogP) is 7.53. The van der Waals surface area contributed by atoms with Crippen molar-refractivity contribution in [3.8, 4) is 0 Å². The Kier molecular flexibility index (Phi) is 17.1. The molecule has 2 radical (unpaired) electrons. The highest BCUT2D eigenvalue weighted by Crippen LogP contribution is 2.16. The van der Waals surface area contributed by atoms with E-state index in [2.05, 4.69) is 20.8 Å². The van der Waals surface area contributed by atoms with Crippen LogP contribution in [0.4, 0.5) is 0 Å². The van der Waals surface area contributed by atoms with Crippen LogP contribution in [-0.2, 0) is 0 Å². The molecule has 0 rings (SSSR count). The molecule has 20 heavy (non-hydrogen) atoms. The van der Waals surface area contributed by atoms with E-state index >= 15 is 0 Å². The van der Waals surface area contributed by atoms with E-state index in [0.717, 1.165) is 18.8 Å². The molecule has 0 fully saturated rings. The minimum atomic E-state index is 0.899. The highest BCUT2D eigenvalue weighted by atomic mass is 14.1. The van der Waals surface area contributed by atoms with Crippen LogP contribution < -0.4 is 0 Å². The summed E-state index contributed by atoms with van der Waals surface area (Å²) in [6.07, 6.45) is 22.2. The van der Waals surface area contributed by atoms with Crippen LogP contribution in [0.1, 0.15) is 110 Å². The Balaban J connectivity index is 2.99. The van der Waals surface area contributed by atoms with Crippen molar-refractivity contribution in [2.24, 2.45) is 5.92 Å². The average molecular weight is 281 g/mol. The van der Waals surface area contributed by atoms with Crippen molar-refractivity contribution in [3.05, 3.63) is 13.8 Å². The van der Waals surface area contributed by atoms with Gasteiger partial charge in [-0.25, -0.2) is 0 Å². The Morgan fingerprint density at radius 1 is 0.500 bits per heavy atom. The first-order valence-electron chi connectivity index (χ1n) is 9.39. The van der Waals surface area contributed by atoms with Gasteiger partial charge in [-0.3, -0.25) is 0 Å². The zero-order valence-corrected chi connectivity index (χ0v) is 14.3. The molecule has 0 saturated heterocycles. The van der Waals surface area contributed by atoms with Crippen molar-refractivity contribution in [1.82, 2.24) is 0 Å². The van der Waals surface area contributed by atoms with Crippen LogP contribution in [-0.4, -0.2) is 0 Å². The van der Waals surface area contributed by atoms with E-state index in [-0.39, 0.29) is 0 Å². The van der Waals surface area contributed by atoms with E-state index in [9.17, 15) is 0 Å². The molecule has 0 aliphatic heterocycles. The van der Waals surface area contributed by atoms with Gasteiger partial charge in [0.1, 0.15) is 0 Å². The largest absolute Gasteiger partial charge is 0.0625 e. The summed E-state index contributed by atoms with van der Waals surface area (Å²) >= 11 is 0. The van der Waals surface area contributed by atoms with Gasteiger partial charge in [0.2, 0.25) is 0 Å². The first kappa shape index (κ1) is 20.0. The van der Waals surface area contributed by atoms with E-state index in [1.807, 2.05) is 0 Å². The van der Waals surface area contributed by atoms with Crippen molar-refractivity contribution in [3.63, 3.8) is 0 Å². The van der Waals surface area contributed by atoms with E-state index < -0.39 is 0 Å². The van der Waals surface area contributed by atoms with Gasteiger partial charge in [-0.15, -0.1) is 0 Å². The minimum absolute atomic E-state index is 0.899. The fourth-order valence-corrected chi connectivity index (χ4v) is 2.93. The maximum Gasteiger partial charge on any atom is -0.0443 e. The molecule has 0 aromatic heterocycles. The zero-order chi connectivity index (χ0) is 14.9. The van der Waals surface area contributed by atoms with E-state index in [4.69, 9.17) is 0 Å². The number of rotatable bonds is 16. The van der Waals surface area contributed by atoms with E-state index in [0.29, 0.717) is 0 Å².